The van der Waals surface area contributed by atoms with E-state index in [1.54, 1.807) is 24.3 Å². The largest absolute Gasteiger partial charge is 0.455 e. The summed E-state index contributed by atoms with van der Waals surface area (Å²) in [5.41, 5.74) is 1.48. The summed E-state index contributed by atoms with van der Waals surface area (Å²) in [6.45, 7) is -0.00150. The molecule has 0 aromatic heterocycles. The van der Waals surface area contributed by atoms with Crippen LogP contribution in [0.15, 0.2) is 42.5 Å². The summed E-state index contributed by atoms with van der Waals surface area (Å²) in [6, 6.07) is 10.8. The topological polar surface area (TPSA) is 55.4 Å². The molecule has 1 amide bonds. The average molecular weight is 384 g/mol. The second kappa shape index (κ2) is 9.39. The average Bonchev–Trinajstić information content (AvgIpc) is 2.57. The van der Waals surface area contributed by atoms with Gasteiger partial charge < -0.3 is 10.1 Å². The maximum Gasteiger partial charge on any atom is 0.310 e. The van der Waals surface area contributed by atoms with Crippen molar-refractivity contribution in [2.24, 2.45) is 0 Å². The van der Waals surface area contributed by atoms with Crippen LogP contribution in [0.25, 0.3) is 0 Å². The van der Waals surface area contributed by atoms with Gasteiger partial charge in [0, 0.05) is 16.6 Å². The molecule has 132 valence electrons. The van der Waals surface area contributed by atoms with E-state index in [9.17, 15) is 14.0 Å². The third-order valence-corrected chi connectivity index (χ3v) is 3.95. The first kappa shape index (κ1) is 19.2. The molecule has 0 aliphatic heterocycles. The van der Waals surface area contributed by atoms with Gasteiger partial charge in [0.1, 0.15) is 5.82 Å². The molecule has 0 aliphatic carbocycles. The SMILES string of the molecule is O=C(COC(=O)Cc1ccc(Cl)cc1Cl)NCCc1ccc(F)cc1. The third-order valence-electron chi connectivity index (χ3n) is 3.36. The molecule has 0 unspecified atom stereocenters. The number of hydrogen-bond acceptors (Lipinski definition) is 3. The lowest BCUT2D eigenvalue weighted by Crippen LogP contribution is -2.30. The van der Waals surface area contributed by atoms with Crippen molar-refractivity contribution in [1.29, 1.82) is 0 Å². The standard InChI is InChI=1S/C18H16Cl2FNO3/c19-14-4-3-13(16(20)10-14)9-18(24)25-11-17(23)22-8-7-12-1-5-15(21)6-2-12/h1-6,10H,7-9,11H2,(H,22,23). The van der Waals surface area contributed by atoms with Crippen molar-refractivity contribution in [3.05, 3.63) is 69.5 Å². The molecule has 4 nitrogen and oxygen atoms in total. The quantitative estimate of drug-likeness (QED) is 0.743. The predicted octanol–water partition coefficient (Wildman–Crippen LogP) is 3.58. The Labute approximate surface area is 154 Å². The smallest absolute Gasteiger partial charge is 0.310 e. The van der Waals surface area contributed by atoms with Gasteiger partial charge in [0.25, 0.3) is 5.91 Å². The number of benzene rings is 2. The van der Waals surface area contributed by atoms with E-state index in [0.717, 1.165) is 5.56 Å². The number of halogens is 3. The minimum atomic E-state index is -0.557. The van der Waals surface area contributed by atoms with Crippen LogP contribution in [-0.4, -0.2) is 25.0 Å². The van der Waals surface area contributed by atoms with Crippen molar-refractivity contribution in [1.82, 2.24) is 5.32 Å². The lowest BCUT2D eigenvalue weighted by molar-refractivity contribution is -0.147. The zero-order valence-corrected chi connectivity index (χ0v) is 14.7. The number of nitrogens with one attached hydrogen (secondary N) is 1. The second-order valence-electron chi connectivity index (χ2n) is 5.30. The summed E-state index contributed by atoms with van der Waals surface area (Å²) in [7, 11) is 0. The van der Waals surface area contributed by atoms with Crippen LogP contribution >= 0.6 is 23.2 Å². The van der Waals surface area contributed by atoms with Gasteiger partial charge in [-0.15, -0.1) is 0 Å². The summed E-state index contributed by atoms with van der Waals surface area (Å²) in [5, 5.41) is 3.47. The normalized spacial score (nSPS) is 10.4. The molecule has 25 heavy (non-hydrogen) atoms. The van der Waals surface area contributed by atoms with Gasteiger partial charge in [0.05, 0.1) is 6.42 Å². The molecule has 2 aromatic rings. The summed E-state index contributed by atoms with van der Waals surface area (Å²) in [6.07, 6.45) is 0.513. The van der Waals surface area contributed by atoms with Gasteiger partial charge in [0.15, 0.2) is 6.61 Å². The van der Waals surface area contributed by atoms with Crippen molar-refractivity contribution in [2.45, 2.75) is 12.8 Å². The molecule has 2 aromatic carbocycles. The Kier molecular flexibility index (Phi) is 7.22. The molecule has 2 rings (SSSR count). The number of esters is 1. The van der Waals surface area contributed by atoms with E-state index in [-0.39, 0.29) is 18.8 Å². The molecular weight excluding hydrogens is 368 g/mol. The molecule has 0 saturated heterocycles. The van der Waals surface area contributed by atoms with E-state index in [4.69, 9.17) is 27.9 Å². The summed E-state index contributed by atoms with van der Waals surface area (Å²) >= 11 is 11.8. The van der Waals surface area contributed by atoms with Crippen LogP contribution in [-0.2, 0) is 27.2 Å². The van der Waals surface area contributed by atoms with Crippen LogP contribution in [0.5, 0.6) is 0 Å². The Bertz CT molecular complexity index is 750. The molecule has 0 aliphatic rings. The Morgan fingerprint density at radius 2 is 1.80 bits per heavy atom. The fourth-order valence-corrected chi connectivity index (χ4v) is 2.54. The van der Waals surface area contributed by atoms with E-state index < -0.39 is 11.9 Å². The van der Waals surface area contributed by atoms with Crippen LogP contribution in [0.1, 0.15) is 11.1 Å². The monoisotopic (exact) mass is 383 g/mol. The molecule has 0 bridgehead atoms. The minimum Gasteiger partial charge on any atom is -0.455 e. The van der Waals surface area contributed by atoms with Gasteiger partial charge in [-0.25, -0.2) is 4.39 Å². The zero-order chi connectivity index (χ0) is 18.2. The maximum absolute atomic E-state index is 12.8. The van der Waals surface area contributed by atoms with Crippen molar-refractivity contribution in [2.75, 3.05) is 13.2 Å². The van der Waals surface area contributed by atoms with Gasteiger partial charge in [-0.05, 0) is 41.8 Å². The van der Waals surface area contributed by atoms with Gasteiger partial charge in [-0.2, -0.15) is 0 Å². The van der Waals surface area contributed by atoms with E-state index in [1.165, 1.54) is 18.2 Å². The summed E-state index contributed by atoms with van der Waals surface area (Å²) < 4.78 is 17.7. The molecule has 0 saturated carbocycles. The van der Waals surface area contributed by atoms with Crippen LogP contribution in [0, 0.1) is 5.82 Å². The highest BCUT2D eigenvalue weighted by Gasteiger charge is 2.11. The third kappa shape index (κ3) is 6.72. The zero-order valence-electron chi connectivity index (χ0n) is 13.2. The highest BCUT2D eigenvalue weighted by Crippen LogP contribution is 2.21. The van der Waals surface area contributed by atoms with Gasteiger partial charge >= 0.3 is 5.97 Å². The lowest BCUT2D eigenvalue weighted by atomic mass is 10.1. The van der Waals surface area contributed by atoms with Gasteiger partial charge in [-0.1, -0.05) is 41.4 Å². The van der Waals surface area contributed by atoms with E-state index in [0.29, 0.717) is 28.6 Å². The molecule has 0 heterocycles. The molecule has 7 heteroatoms. The van der Waals surface area contributed by atoms with Crippen LogP contribution in [0.3, 0.4) is 0 Å². The Morgan fingerprint density at radius 3 is 2.48 bits per heavy atom. The molecule has 0 spiro atoms. The fourth-order valence-electron chi connectivity index (χ4n) is 2.07. The number of carbonyl (C=O) groups is 2. The highest BCUT2D eigenvalue weighted by molar-refractivity contribution is 6.35. The predicted molar refractivity (Wildman–Crippen MR) is 94.2 cm³/mol. The van der Waals surface area contributed by atoms with Crippen LogP contribution in [0.2, 0.25) is 10.0 Å². The van der Waals surface area contributed by atoms with Crippen LogP contribution < -0.4 is 5.32 Å². The Hall–Kier alpha value is -2.11. The second-order valence-corrected chi connectivity index (χ2v) is 6.14. The van der Waals surface area contributed by atoms with Crippen LogP contribution in [0.4, 0.5) is 4.39 Å². The van der Waals surface area contributed by atoms with Gasteiger partial charge in [0.2, 0.25) is 0 Å². The maximum atomic E-state index is 12.8. The van der Waals surface area contributed by atoms with E-state index in [2.05, 4.69) is 5.32 Å². The molecule has 1 N–H and O–H groups in total. The first-order valence-electron chi connectivity index (χ1n) is 7.55. The fraction of sp³-hybridized carbons (Fsp3) is 0.222. The highest BCUT2D eigenvalue weighted by atomic mass is 35.5. The number of carbonyl (C=O) groups excluding carboxylic acids is 2. The minimum absolute atomic E-state index is 0.0428. The lowest BCUT2D eigenvalue weighted by Gasteiger charge is -2.08. The summed E-state index contributed by atoms with van der Waals surface area (Å²) in [5.74, 6) is -1.27. The molecule has 0 atom stereocenters. The van der Waals surface area contributed by atoms with E-state index in [1.807, 2.05) is 0 Å². The number of amides is 1. The summed E-state index contributed by atoms with van der Waals surface area (Å²) in [4.78, 5) is 23.4. The first-order valence-corrected chi connectivity index (χ1v) is 8.30. The molecule has 0 radical (unpaired) electrons. The number of rotatable bonds is 7. The number of hydrogen-bond donors (Lipinski definition) is 1. The van der Waals surface area contributed by atoms with E-state index >= 15 is 0 Å². The van der Waals surface area contributed by atoms with Crippen molar-refractivity contribution in [3.63, 3.8) is 0 Å². The first-order chi connectivity index (χ1) is 11.9. The van der Waals surface area contributed by atoms with Crippen molar-refractivity contribution < 1.29 is 18.7 Å². The molecular formula is C18H16Cl2FNO3. The number of ether oxygens (including phenoxy) is 1. The van der Waals surface area contributed by atoms with Gasteiger partial charge in [-0.3, -0.25) is 9.59 Å². The molecule has 0 fully saturated rings. The van der Waals surface area contributed by atoms with Crippen molar-refractivity contribution in [3.8, 4) is 0 Å². The van der Waals surface area contributed by atoms with Crippen molar-refractivity contribution >= 4 is 35.1 Å². The Morgan fingerprint density at radius 1 is 1.08 bits per heavy atom. The Balaban J connectivity index is 1.68.